The van der Waals surface area contributed by atoms with Crippen LogP contribution in [0.25, 0.3) is 98.8 Å². The highest BCUT2D eigenvalue weighted by Gasteiger charge is 2.52. The zero-order chi connectivity index (χ0) is 40.8. The van der Waals surface area contributed by atoms with Crippen LogP contribution in [-0.4, -0.2) is 15.0 Å². The summed E-state index contributed by atoms with van der Waals surface area (Å²) in [5.41, 5.74) is 17.1. The van der Waals surface area contributed by atoms with Crippen LogP contribution in [0.15, 0.2) is 212 Å². The largest absolute Gasteiger partial charge is 0.208 e. The van der Waals surface area contributed by atoms with Crippen molar-refractivity contribution in [3.63, 3.8) is 0 Å². The smallest absolute Gasteiger partial charge is 0.164 e. The van der Waals surface area contributed by atoms with E-state index in [1.54, 1.807) is 0 Å². The Balaban J connectivity index is 1.02. The molecule has 3 nitrogen and oxygen atoms in total. The number of thiophene rings is 1. The molecule has 4 heteroatoms. The van der Waals surface area contributed by atoms with E-state index in [0.29, 0.717) is 17.5 Å². The Morgan fingerprint density at radius 2 is 0.726 bits per heavy atom. The summed E-state index contributed by atoms with van der Waals surface area (Å²) in [5, 5.41) is 2.59. The van der Waals surface area contributed by atoms with Crippen molar-refractivity contribution >= 4 is 31.5 Å². The molecule has 0 radical (unpaired) electrons. The van der Waals surface area contributed by atoms with Gasteiger partial charge in [0.1, 0.15) is 0 Å². The summed E-state index contributed by atoms with van der Waals surface area (Å²) in [6, 6.07) is 76.6. The van der Waals surface area contributed by atoms with Crippen molar-refractivity contribution in [2.45, 2.75) is 5.41 Å². The molecule has 13 rings (SSSR count). The van der Waals surface area contributed by atoms with E-state index < -0.39 is 5.41 Å². The second kappa shape index (κ2) is 13.6. The van der Waals surface area contributed by atoms with Gasteiger partial charge in [-0.2, -0.15) is 0 Å². The van der Waals surface area contributed by atoms with Crippen molar-refractivity contribution in [2.75, 3.05) is 0 Å². The van der Waals surface area contributed by atoms with E-state index in [1.807, 2.05) is 11.3 Å². The van der Waals surface area contributed by atoms with Gasteiger partial charge in [-0.05, 0) is 72.8 Å². The molecule has 0 saturated carbocycles. The molecular formula is C58H35N3S. The van der Waals surface area contributed by atoms with Crippen LogP contribution in [0.4, 0.5) is 0 Å². The normalized spacial score (nSPS) is 13.0. The van der Waals surface area contributed by atoms with Crippen LogP contribution < -0.4 is 0 Å². The lowest BCUT2D eigenvalue weighted by Gasteiger charge is -2.31. The van der Waals surface area contributed by atoms with Crippen LogP contribution in [0.1, 0.15) is 22.3 Å². The van der Waals surface area contributed by atoms with Crippen molar-refractivity contribution in [2.24, 2.45) is 0 Å². The molecule has 2 aromatic heterocycles. The van der Waals surface area contributed by atoms with Gasteiger partial charge in [-0.1, -0.05) is 206 Å². The van der Waals surface area contributed by atoms with Crippen molar-refractivity contribution in [3.8, 4) is 78.7 Å². The highest BCUT2D eigenvalue weighted by Crippen LogP contribution is 2.64. The average molecular weight is 806 g/mol. The van der Waals surface area contributed by atoms with E-state index in [9.17, 15) is 0 Å². The summed E-state index contributed by atoms with van der Waals surface area (Å²) in [5.74, 6) is 1.93. The molecule has 288 valence electrons. The molecule has 0 unspecified atom stereocenters. The maximum absolute atomic E-state index is 5.43. The molecule has 62 heavy (non-hydrogen) atoms. The highest BCUT2D eigenvalue weighted by molar-refractivity contribution is 7.26. The third kappa shape index (κ3) is 5.08. The summed E-state index contributed by atoms with van der Waals surface area (Å²) in [6.45, 7) is 0. The lowest BCUT2D eigenvalue weighted by atomic mass is 9.69. The Bertz CT molecular complexity index is 3500. The number of nitrogens with zero attached hydrogens (tertiary/aromatic N) is 3. The summed E-state index contributed by atoms with van der Waals surface area (Å²) in [4.78, 5) is 16.1. The van der Waals surface area contributed by atoms with Crippen LogP contribution in [0.5, 0.6) is 0 Å². The predicted molar refractivity (Wildman–Crippen MR) is 256 cm³/mol. The number of hydrogen-bond acceptors (Lipinski definition) is 4. The summed E-state index contributed by atoms with van der Waals surface area (Å²) in [7, 11) is 0. The van der Waals surface area contributed by atoms with E-state index in [1.165, 1.54) is 75.8 Å². The minimum absolute atomic E-state index is 0.546. The maximum atomic E-state index is 5.43. The van der Waals surface area contributed by atoms with E-state index >= 15 is 0 Å². The first-order valence-electron chi connectivity index (χ1n) is 21.1. The maximum Gasteiger partial charge on any atom is 0.164 e. The standard InChI is InChI=1S/C58H35N3S/c1-2-14-36(15-3-1)37-28-32-39(33-29-37)55-59-56(40-34-30-38(31-35-40)41-20-12-22-47-45-19-7-11-27-52(45)62-54(41)47)61-57(60-55)48-23-13-21-46-44-18-6-10-26-51(44)58(53(46)48)49-24-8-4-16-42(49)43-17-5-9-25-50(43)58/h1-35H. The number of hydrogen-bond donors (Lipinski definition) is 0. The van der Waals surface area contributed by atoms with Crippen molar-refractivity contribution in [1.82, 2.24) is 15.0 Å². The molecule has 0 N–H and O–H groups in total. The fraction of sp³-hybridized carbons (Fsp3) is 0.0172. The zero-order valence-electron chi connectivity index (χ0n) is 33.5. The van der Waals surface area contributed by atoms with Gasteiger partial charge in [-0.25, -0.2) is 15.0 Å². The van der Waals surface area contributed by atoms with Gasteiger partial charge in [0.15, 0.2) is 17.5 Å². The van der Waals surface area contributed by atoms with Gasteiger partial charge in [-0.3, -0.25) is 0 Å². The zero-order valence-corrected chi connectivity index (χ0v) is 34.3. The number of benzene rings is 9. The highest BCUT2D eigenvalue weighted by atomic mass is 32.1. The molecule has 0 fully saturated rings. The monoisotopic (exact) mass is 805 g/mol. The van der Waals surface area contributed by atoms with Gasteiger partial charge in [0.05, 0.1) is 5.41 Å². The Morgan fingerprint density at radius 1 is 0.290 bits per heavy atom. The Morgan fingerprint density at radius 3 is 1.39 bits per heavy atom. The van der Waals surface area contributed by atoms with Gasteiger partial charge in [-0.15, -0.1) is 11.3 Å². The topological polar surface area (TPSA) is 38.7 Å². The van der Waals surface area contributed by atoms with Crippen LogP contribution in [0.2, 0.25) is 0 Å². The Labute approximate surface area is 363 Å². The average Bonchev–Trinajstić information content (AvgIpc) is 3.99. The molecular weight excluding hydrogens is 771 g/mol. The molecule has 0 saturated heterocycles. The lowest BCUT2D eigenvalue weighted by molar-refractivity contribution is 0.794. The number of aromatic nitrogens is 3. The van der Waals surface area contributed by atoms with Crippen LogP contribution in [0, 0.1) is 0 Å². The number of fused-ring (bicyclic) bond motifs is 13. The van der Waals surface area contributed by atoms with Crippen LogP contribution in [0.3, 0.4) is 0 Å². The molecule has 0 aliphatic heterocycles. The molecule has 11 aromatic rings. The van der Waals surface area contributed by atoms with Crippen molar-refractivity contribution < 1.29 is 0 Å². The van der Waals surface area contributed by atoms with Crippen LogP contribution in [-0.2, 0) is 5.41 Å². The summed E-state index contributed by atoms with van der Waals surface area (Å²) >= 11 is 1.85. The van der Waals surface area contributed by atoms with Gasteiger partial charge >= 0.3 is 0 Å². The molecule has 1 spiro atoms. The minimum Gasteiger partial charge on any atom is -0.208 e. The van der Waals surface area contributed by atoms with Crippen molar-refractivity contribution in [1.29, 1.82) is 0 Å². The second-order valence-electron chi connectivity index (χ2n) is 16.2. The predicted octanol–water partition coefficient (Wildman–Crippen LogP) is 14.9. The summed E-state index contributed by atoms with van der Waals surface area (Å²) < 4.78 is 2.60. The van der Waals surface area contributed by atoms with Gasteiger partial charge < -0.3 is 0 Å². The van der Waals surface area contributed by atoms with E-state index in [0.717, 1.165) is 27.8 Å². The molecule has 2 aliphatic rings. The molecule has 0 amide bonds. The third-order valence-electron chi connectivity index (χ3n) is 13.0. The Kier molecular flexibility index (Phi) is 7.69. The minimum atomic E-state index is -0.546. The van der Waals surface area contributed by atoms with E-state index in [4.69, 9.17) is 15.0 Å². The SMILES string of the molecule is c1ccc(-c2ccc(-c3nc(-c4ccc(-c5cccc6c5sc5ccccc56)cc4)nc(-c4cccc5c4C4(c6ccccc6-c6ccccc64)c4ccccc4-5)n3)cc2)cc1. The molecule has 2 heterocycles. The van der Waals surface area contributed by atoms with Crippen molar-refractivity contribution in [3.05, 3.63) is 235 Å². The fourth-order valence-electron chi connectivity index (χ4n) is 10.3. The molecule has 2 aliphatic carbocycles. The van der Waals surface area contributed by atoms with Gasteiger partial charge in [0.2, 0.25) is 0 Å². The quantitative estimate of drug-likeness (QED) is 0.174. The second-order valence-corrected chi connectivity index (χ2v) is 17.3. The summed E-state index contributed by atoms with van der Waals surface area (Å²) in [6.07, 6.45) is 0. The molecule has 9 aromatic carbocycles. The van der Waals surface area contributed by atoms with E-state index in [-0.39, 0.29) is 0 Å². The van der Waals surface area contributed by atoms with Gasteiger partial charge in [0, 0.05) is 36.9 Å². The van der Waals surface area contributed by atoms with E-state index in [2.05, 4.69) is 212 Å². The number of rotatable bonds is 5. The third-order valence-corrected chi connectivity index (χ3v) is 14.2. The van der Waals surface area contributed by atoms with Gasteiger partial charge in [0.25, 0.3) is 0 Å². The first-order valence-corrected chi connectivity index (χ1v) is 21.9. The fourth-order valence-corrected chi connectivity index (χ4v) is 11.5. The first-order chi connectivity index (χ1) is 30.7. The molecule has 0 bridgehead atoms. The molecule has 0 atom stereocenters. The first kappa shape index (κ1) is 35.0. The van der Waals surface area contributed by atoms with Crippen LogP contribution >= 0.6 is 11.3 Å². The lowest BCUT2D eigenvalue weighted by Crippen LogP contribution is -2.26. The Hall–Kier alpha value is -7.79.